The first-order valence-electron chi connectivity index (χ1n) is 9.98. The van der Waals surface area contributed by atoms with E-state index in [0.29, 0.717) is 34.6 Å². The fourth-order valence-electron chi connectivity index (χ4n) is 3.46. The van der Waals surface area contributed by atoms with Gasteiger partial charge in [0.05, 0.1) is 11.7 Å². The van der Waals surface area contributed by atoms with Crippen LogP contribution in [0.3, 0.4) is 0 Å². The first kappa shape index (κ1) is 20.9. The lowest BCUT2D eigenvalue weighted by atomic mass is 9.95. The van der Waals surface area contributed by atoms with Gasteiger partial charge in [0, 0.05) is 16.3 Å². The van der Waals surface area contributed by atoms with E-state index in [0.717, 1.165) is 11.1 Å². The predicted molar refractivity (Wildman–Crippen MR) is 118 cm³/mol. The summed E-state index contributed by atoms with van der Waals surface area (Å²) in [5, 5.41) is 8.12. The normalized spacial score (nSPS) is 15.5. The second-order valence-corrected chi connectivity index (χ2v) is 7.90. The summed E-state index contributed by atoms with van der Waals surface area (Å²) >= 11 is 6.20. The standard InChI is InChI=1S/C23H23ClN4O3/c1-14(2)31-22(29)20-15(3)27-23-25-13-26-28(23)21(20)16-8-10-18(11-9-16)30-12-17-6-4-5-7-19(17)24/h4-11,13-14,21H,12H2,1-3H3,(H,25,26,27)/t21-/m0/s1. The van der Waals surface area contributed by atoms with E-state index in [4.69, 9.17) is 21.1 Å². The quantitative estimate of drug-likeness (QED) is 0.559. The van der Waals surface area contributed by atoms with Crippen LogP contribution in [0.2, 0.25) is 5.02 Å². The van der Waals surface area contributed by atoms with Gasteiger partial charge in [-0.25, -0.2) is 9.48 Å². The molecule has 0 amide bonds. The highest BCUT2D eigenvalue weighted by Gasteiger charge is 2.34. The Labute approximate surface area is 185 Å². The fourth-order valence-corrected chi connectivity index (χ4v) is 3.65. The van der Waals surface area contributed by atoms with Gasteiger partial charge in [-0.3, -0.25) is 0 Å². The summed E-state index contributed by atoms with van der Waals surface area (Å²) in [4.78, 5) is 17.1. The topological polar surface area (TPSA) is 78.3 Å². The van der Waals surface area contributed by atoms with Crippen molar-refractivity contribution in [2.75, 3.05) is 5.32 Å². The summed E-state index contributed by atoms with van der Waals surface area (Å²) in [6, 6.07) is 14.7. The van der Waals surface area contributed by atoms with Crippen molar-refractivity contribution in [2.24, 2.45) is 0 Å². The van der Waals surface area contributed by atoms with Crippen molar-refractivity contribution in [3.8, 4) is 5.75 Å². The maximum Gasteiger partial charge on any atom is 0.338 e. The van der Waals surface area contributed by atoms with Gasteiger partial charge in [0.2, 0.25) is 5.95 Å². The van der Waals surface area contributed by atoms with Crippen LogP contribution in [0.25, 0.3) is 0 Å². The minimum Gasteiger partial charge on any atom is -0.489 e. The summed E-state index contributed by atoms with van der Waals surface area (Å²) in [5.41, 5.74) is 2.97. The monoisotopic (exact) mass is 438 g/mol. The minimum absolute atomic E-state index is 0.230. The van der Waals surface area contributed by atoms with Crippen molar-refractivity contribution >= 4 is 23.5 Å². The van der Waals surface area contributed by atoms with E-state index in [1.165, 1.54) is 6.33 Å². The van der Waals surface area contributed by atoms with Gasteiger partial charge in [-0.05, 0) is 44.5 Å². The molecule has 0 unspecified atom stereocenters. The Kier molecular flexibility index (Phi) is 5.95. The van der Waals surface area contributed by atoms with E-state index in [-0.39, 0.29) is 12.1 Å². The molecule has 2 aromatic carbocycles. The summed E-state index contributed by atoms with van der Waals surface area (Å²) in [6.07, 6.45) is 1.23. The lowest BCUT2D eigenvalue weighted by Crippen LogP contribution is -2.30. The van der Waals surface area contributed by atoms with Gasteiger partial charge < -0.3 is 14.8 Å². The Bertz CT molecular complexity index is 1120. The number of hydrogen-bond acceptors (Lipinski definition) is 6. The Morgan fingerprint density at radius 1 is 1.19 bits per heavy atom. The van der Waals surface area contributed by atoms with Gasteiger partial charge in [-0.15, -0.1) is 0 Å². The number of nitrogens with zero attached hydrogens (tertiary/aromatic N) is 3. The van der Waals surface area contributed by atoms with E-state index in [1.54, 1.807) is 4.68 Å². The van der Waals surface area contributed by atoms with Gasteiger partial charge in [0.15, 0.2) is 0 Å². The van der Waals surface area contributed by atoms with Crippen molar-refractivity contribution < 1.29 is 14.3 Å². The molecule has 7 nitrogen and oxygen atoms in total. The highest BCUT2D eigenvalue weighted by molar-refractivity contribution is 6.31. The molecule has 2 heterocycles. The molecule has 31 heavy (non-hydrogen) atoms. The average Bonchev–Trinajstić information content (AvgIpc) is 3.20. The molecule has 1 aliphatic rings. The molecule has 8 heteroatoms. The number of allylic oxidation sites excluding steroid dienone is 1. The Hall–Kier alpha value is -3.32. The second-order valence-electron chi connectivity index (χ2n) is 7.50. The molecular weight excluding hydrogens is 416 g/mol. The lowest BCUT2D eigenvalue weighted by molar-refractivity contribution is -0.143. The van der Waals surface area contributed by atoms with E-state index >= 15 is 0 Å². The molecule has 0 fully saturated rings. The number of halogens is 1. The summed E-state index contributed by atoms with van der Waals surface area (Å²) in [6.45, 7) is 5.85. The van der Waals surface area contributed by atoms with Gasteiger partial charge in [-0.2, -0.15) is 10.1 Å². The van der Waals surface area contributed by atoms with Gasteiger partial charge in [0.1, 0.15) is 24.7 Å². The molecule has 160 valence electrons. The third-order valence-electron chi connectivity index (χ3n) is 4.91. The molecule has 4 rings (SSSR count). The average molecular weight is 439 g/mol. The SMILES string of the molecule is CC1=C(C(=O)OC(C)C)[C@H](c2ccc(OCc3ccccc3Cl)cc2)n2ncnc2N1. The Morgan fingerprint density at radius 3 is 2.65 bits per heavy atom. The molecule has 0 spiro atoms. The summed E-state index contributed by atoms with van der Waals surface area (Å²) in [5.74, 6) is 0.885. The first-order chi connectivity index (χ1) is 14.9. The number of esters is 1. The Balaban J connectivity index is 1.60. The number of benzene rings is 2. The van der Waals surface area contributed by atoms with Crippen LogP contribution >= 0.6 is 11.6 Å². The van der Waals surface area contributed by atoms with E-state index in [2.05, 4.69) is 15.4 Å². The molecule has 0 saturated heterocycles. The third-order valence-corrected chi connectivity index (χ3v) is 5.27. The number of carbonyl (C=O) groups is 1. The highest BCUT2D eigenvalue weighted by Crippen LogP contribution is 2.36. The van der Waals surface area contributed by atoms with Crippen molar-refractivity contribution in [1.82, 2.24) is 14.8 Å². The molecule has 1 aliphatic heterocycles. The van der Waals surface area contributed by atoms with Crippen LogP contribution in [0.1, 0.15) is 37.9 Å². The maximum absolute atomic E-state index is 12.9. The van der Waals surface area contributed by atoms with E-state index in [1.807, 2.05) is 69.3 Å². The van der Waals surface area contributed by atoms with Crippen LogP contribution < -0.4 is 10.1 Å². The summed E-state index contributed by atoms with van der Waals surface area (Å²) in [7, 11) is 0. The predicted octanol–water partition coefficient (Wildman–Crippen LogP) is 4.75. The number of fused-ring (bicyclic) bond motifs is 1. The number of rotatable bonds is 6. The number of hydrogen-bond donors (Lipinski definition) is 1. The van der Waals surface area contributed by atoms with Gasteiger partial charge in [-0.1, -0.05) is 41.9 Å². The molecular formula is C23H23ClN4O3. The molecule has 1 N–H and O–H groups in total. The van der Waals surface area contributed by atoms with Crippen molar-refractivity contribution in [3.63, 3.8) is 0 Å². The number of aromatic nitrogens is 3. The molecule has 1 aromatic heterocycles. The zero-order chi connectivity index (χ0) is 22.0. The van der Waals surface area contributed by atoms with Crippen LogP contribution in [0.4, 0.5) is 5.95 Å². The van der Waals surface area contributed by atoms with Crippen molar-refractivity contribution in [2.45, 2.75) is 39.5 Å². The zero-order valence-electron chi connectivity index (χ0n) is 17.5. The van der Waals surface area contributed by atoms with Gasteiger partial charge >= 0.3 is 5.97 Å². The highest BCUT2D eigenvalue weighted by atomic mass is 35.5. The van der Waals surface area contributed by atoms with Gasteiger partial charge in [0.25, 0.3) is 0 Å². The summed E-state index contributed by atoms with van der Waals surface area (Å²) < 4.78 is 13.1. The molecule has 0 radical (unpaired) electrons. The van der Waals surface area contributed by atoms with E-state index in [9.17, 15) is 4.79 Å². The molecule has 1 atom stereocenters. The molecule has 0 bridgehead atoms. The zero-order valence-corrected chi connectivity index (χ0v) is 18.3. The van der Waals surface area contributed by atoms with Crippen molar-refractivity contribution in [3.05, 3.63) is 82.3 Å². The van der Waals surface area contributed by atoms with Crippen LogP contribution in [0.15, 0.2) is 66.1 Å². The second kappa shape index (κ2) is 8.81. The third kappa shape index (κ3) is 4.41. The number of ether oxygens (including phenoxy) is 2. The largest absolute Gasteiger partial charge is 0.489 e. The van der Waals surface area contributed by atoms with E-state index < -0.39 is 6.04 Å². The first-order valence-corrected chi connectivity index (χ1v) is 10.4. The molecule has 0 saturated carbocycles. The smallest absolute Gasteiger partial charge is 0.338 e. The fraction of sp³-hybridized carbons (Fsp3) is 0.261. The van der Waals surface area contributed by atoms with Crippen LogP contribution in [0.5, 0.6) is 5.75 Å². The molecule has 3 aromatic rings. The molecule has 0 aliphatic carbocycles. The minimum atomic E-state index is -0.456. The lowest BCUT2D eigenvalue weighted by Gasteiger charge is -2.28. The van der Waals surface area contributed by atoms with Crippen LogP contribution in [-0.4, -0.2) is 26.8 Å². The number of carbonyl (C=O) groups excluding carboxylic acids is 1. The van der Waals surface area contributed by atoms with Crippen LogP contribution in [-0.2, 0) is 16.1 Å². The number of nitrogens with one attached hydrogen (secondary N) is 1. The Morgan fingerprint density at radius 2 is 1.94 bits per heavy atom. The van der Waals surface area contributed by atoms with Crippen LogP contribution in [0, 0.1) is 0 Å². The maximum atomic E-state index is 12.9. The van der Waals surface area contributed by atoms with Crippen molar-refractivity contribution in [1.29, 1.82) is 0 Å². The number of anilines is 1.